The first-order valence-electron chi connectivity index (χ1n) is 4.53. The second-order valence-corrected chi connectivity index (χ2v) is 3.13. The Morgan fingerprint density at radius 1 is 1.12 bits per heavy atom. The third-order valence-corrected chi connectivity index (χ3v) is 2.05. The van der Waals surface area contributed by atoms with Crippen LogP contribution < -0.4 is 0 Å². The van der Waals surface area contributed by atoms with Crippen molar-refractivity contribution in [3.05, 3.63) is 35.9 Å². The Hall–Kier alpha value is -2.01. The van der Waals surface area contributed by atoms with Gasteiger partial charge in [-0.25, -0.2) is 0 Å². The Morgan fingerprint density at radius 2 is 1.69 bits per heavy atom. The molecule has 0 saturated heterocycles. The number of Topliss-reactive ketones (excluding diaryl/α,β-unsaturated/α-hetero) is 2. The predicted molar refractivity (Wildman–Crippen MR) is 54.0 cm³/mol. The molecular weight excluding hydrogens is 212 g/mol. The van der Waals surface area contributed by atoms with Crippen molar-refractivity contribution in [3.8, 4) is 0 Å². The number of carboxylic acid groups (broad SMARTS) is 1. The third-order valence-electron chi connectivity index (χ3n) is 2.05. The van der Waals surface area contributed by atoms with Gasteiger partial charge in [0.2, 0.25) is 0 Å². The number of aliphatic hydroxyl groups excluding tert-OH is 1. The molecule has 0 amide bonds. The van der Waals surface area contributed by atoms with Crippen LogP contribution in [0, 0.1) is 5.92 Å². The first-order valence-corrected chi connectivity index (χ1v) is 4.53. The van der Waals surface area contributed by atoms with Gasteiger partial charge in [-0.2, -0.15) is 0 Å². The van der Waals surface area contributed by atoms with Crippen molar-refractivity contribution in [3.63, 3.8) is 0 Å². The lowest BCUT2D eigenvalue weighted by Gasteiger charge is -2.08. The van der Waals surface area contributed by atoms with Crippen molar-refractivity contribution in [1.82, 2.24) is 0 Å². The number of benzene rings is 1. The van der Waals surface area contributed by atoms with Gasteiger partial charge in [0, 0.05) is 5.56 Å². The average Bonchev–Trinajstić information content (AvgIpc) is 2.29. The van der Waals surface area contributed by atoms with Crippen molar-refractivity contribution in [2.45, 2.75) is 0 Å². The van der Waals surface area contributed by atoms with Gasteiger partial charge >= 0.3 is 5.97 Å². The van der Waals surface area contributed by atoms with E-state index >= 15 is 0 Å². The van der Waals surface area contributed by atoms with E-state index in [1.165, 1.54) is 12.1 Å². The summed E-state index contributed by atoms with van der Waals surface area (Å²) >= 11 is 0. The number of hydrogen-bond donors (Lipinski definition) is 2. The highest BCUT2D eigenvalue weighted by atomic mass is 16.4. The zero-order valence-electron chi connectivity index (χ0n) is 8.29. The molecule has 0 aliphatic heterocycles. The maximum absolute atomic E-state index is 11.7. The van der Waals surface area contributed by atoms with Gasteiger partial charge in [-0.05, 0) is 0 Å². The van der Waals surface area contributed by atoms with Crippen molar-refractivity contribution in [1.29, 1.82) is 0 Å². The summed E-state index contributed by atoms with van der Waals surface area (Å²) in [5, 5.41) is 17.3. The van der Waals surface area contributed by atoms with Crippen molar-refractivity contribution < 1.29 is 24.6 Å². The number of carboxylic acids is 1. The number of ketones is 2. The summed E-state index contributed by atoms with van der Waals surface area (Å²) in [5.41, 5.74) is 0.136. The standard InChI is InChI=1S/C11H10O5/c12-6-8(13)9(11(15)16)10(14)7-4-2-1-3-5-7/h1-5,9,12H,6H2,(H,15,16). The highest BCUT2D eigenvalue weighted by Crippen LogP contribution is 2.10. The number of carbonyl (C=O) groups is 3. The molecule has 2 N–H and O–H groups in total. The molecule has 16 heavy (non-hydrogen) atoms. The fourth-order valence-corrected chi connectivity index (χ4v) is 1.26. The summed E-state index contributed by atoms with van der Waals surface area (Å²) in [4.78, 5) is 33.6. The molecule has 84 valence electrons. The number of hydrogen-bond acceptors (Lipinski definition) is 4. The number of carbonyl (C=O) groups excluding carboxylic acids is 2. The predicted octanol–water partition coefficient (Wildman–Crippen LogP) is 0.131. The van der Waals surface area contributed by atoms with E-state index in [4.69, 9.17) is 10.2 Å². The zero-order chi connectivity index (χ0) is 12.1. The summed E-state index contributed by atoms with van der Waals surface area (Å²) in [5.74, 6) is -5.20. The van der Waals surface area contributed by atoms with E-state index in [2.05, 4.69) is 0 Å². The van der Waals surface area contributed by atoms with Crippen LogP contribution in [0.3, 0.4) is 0 Å². The second-order valence-electron chi connectivity index (χ2n) is 3.13. The molecule has 5 nitrogen and oxygen atoms in total. The minimum Gasteiger partial charge on any atom is -0.480 e. The van der Waals surface area contributed by atoms with Crippen LogP contribution in [-0.4, -0.2) is 34.4 Å². The molecule has 0 fully saturated rings. The summed E-state index contributed by atoms with van der Waals surface area (Å²) in [6, 6.07) is 7.64. The summed E-state index contributed by atoms with van der Waals surface area (Å²) in [7, 11) is 0. The molecule has 5 heteroatoms. The maximum Gasteiger partial charge on any atom is 0.322 e. The largest absolute Gasteiger partial charge is 0.480 e. The molecule has 0 aliphatic rings. The smallest absolute Gasteiger partial charge is 0.322 e. The Morgan fingerprint density at radius 3 is 2.12 bits per heavy atom. The van der Waals surface area contributed by atoms with Crippen molar-refractivity contribution >= 4 is 17.5 Å². The van der Waals surface area contributed by atoms with Gasteiger partial charge in [-0.1, -0.05) is 30.3 Å². The van der Waals surface area contributed by atoms with Gasteiger partial charge < -0.3 is 10.2 Å². The van der Waals surface area contributed by atoms with Crippen LogP contribution in [0.4, 0.5) is 0 Å². The first-order chi connectivity index (χ1) is 7.57. The molecule has 0 radical (unpaired) electrons. The lowest BCUT2D eigenvalue weighted by molar-refractivity contribution is -0.144. The van der Waals surface area contributed by atoms with Crippen molar-refractivity contribution in [2.75, 3.05) is 6.61 Å². The summed E-state index contributed by atoms with van der Waals surface area (Å²) in [6.45, 7) is -0.963. The molecule has 1 unspecified atom stereocenters. The van der Waals surface area contributed by atoms with Gasteiger partial charge in [-0.3, -0.25) is 14.4 Å². The molecule has 0 aliphatic carbocycles. The van der Waals surface area contributed by atoms with E-state index in [1.54, 1.807) is 18.2 Å². The van der Waals surface area contributed by atoms with E-state index in [1.807, 2.05) is 0 Å². The van der Waals surface area contributed by atoms with Crippen LogP contribution in [-0.2, 0) is 9.59 Å². The normalized spacial score (nSPS) is 11.8. The molecule has 1 aromatic rings. The van der Waals surface area contributed by atoms with Crippen LogP contribution >= 0.6 is 0 Å². The molecule has 0 bridgehead atoms. The van der Waals surface area contributed by atoms with Crippen LogP contribution in [0.15, 0.2) is 30.3 Å². The fraction of sp³-hybridized carbons (Fsp3) is 0.182. The van der Waals surface area contributed by atoms with Gasteiger partial charge in [0.15, 0.2) is 17.5 Å². The minimum absolute atomic E-state index is 0.136. The van der Waals surface area contributed by atoms with E-state index in [0.717, 1.165) is 0 Å². The topological polar surface area (TPSA) is 91.7 Å². The van der Waals surface area contributed by atoms with E-state index < -0.39 is 30.1 Å². The number of aliphatic hydroxyl groups is 1. The summed E-state index contributed by atoms with van der Waals surface area (Å²) < 4.78 is 0. The lowest BCUT2D eigenvalue weighted by atomic mass is 9.94. The fourth-order valence-electron chi connectivity index (χ4n) is 1.26. The highest BCUT2D eigenvalue weighted by Gasteiger charge is 2.33. The van der Waals surface area contributed by atoms with E-state index in [0.29, 0.717) is 0 Å². The molecule has 0 aromatic heterocycles. The minimum atomic E-state index is -1.83. The van der Waals surface area contributed by atoms with Crippen LogP contribution in [0.5, 0.6) is 0 Å². The zero-order valence-corrected chi connectivity index (χ0v) is 8.29. The van der Waals surface area contributed by atoms with Crippen LogP contribution in [0.2, 0.25) is 0 Å². The second kappa shape index (κ2) is 5.18. The van der Waals surface area contributed by atoms with E-state index in [-0.39, 0.29) is 5.56 Å². The van der Waals surface area contributed by atoms with Crippen molar-refractivity contribution in [2.24, 2.45) is 5.92 Å². The molecule has 1 aromatic carbocycles. The van der Waals surface area contributed by atoms with Crippen LogP contribution in [0.1, 0.15) is 10.4 Å². The number of rotatable bonds is 5. The average molecular weight is 222 g/mol. The number of aliphatic carboxylic acids is 1. The Bertz CT molecular complexity index is 410. The monoisotopic (exact) mass is 222 g/mol. The molecular formula is C11H10O5. The third kappa shape index (κ3) is 2.52. The first kappa shape index (κ1) is 12.1. The molecule has 0 saturated carbocycles. The summed E-state index contributed by atoms with van der Waals surface area (Å²) in [6.07, 6.45) is 0. The molecule has 0 heterocycles. The van der Waals surface area contributed by atoms with Gasteiger partial charge in [-0.15, -0.1) is 0 Å². The Kier molecular flexibility index (Phi) is 3.90. The maximum atomic E-state index is 11.7. The SMILES string of the molecule is O=C(O)C(C(=O)CO)C(=O)c1ccccc1. The molecule has 1 rings (SSSR count). The Labute approximate surface area is 91.3 Å². The van der Waals surface area contributed by atoms with Gasteiger partial charge in [0.25, 0.3) is 0 Å². The van der Waals surface area contributed by atoms with E-state index in [9.17, 15) is 14.4 Å². The van der Waals surface area contributed by atoms with Crippen LogP contribution in [0.25, 0.3) is 0 Å². The van der Waals surface area contributed by atoms with Gasteiger partial charge in [0.1, 0.15) is 6.61 Å². The lowest BCUT2D eigenvalue weighted by Crippen LogP contribution is -2.33. The van der Waals surface area contributed by atoms with Gasteiger partial charge in [0.05, 0.1) is 0 Å². The molecule has 0 spiro atoms. The molecule has 1 atom stereocenters. The highest BCUT2D eigenvalue weighted by molar-refractivity contribution is 6.22. The quantitative estimate of drug-likeness (QED) is 0.545. The Balaban J connectivity index is 3.02.